The van der Waals surface area contributed by atoms with Crippen LogP contribution >= 0.6 is 23.2 Å². The summed E-state index contributed by atoms with van der Waals surface area (Å²) in [5.41, 5.74) is 2.13. The van der Waals surface area contributed by atoms with E-state index < -0.39 is 0 Å². The van der Waals surface area contributed by atoms with Crippen LogP contribution in [-0.2, 0) is 5.88 Å². The van der Waals surface area contributed by atoms with E-state index in [0.29, 0.717) is 11.9 Å². The maximum absolute atomic E-state index is 6.10. The van der Waals surface area contributed by atoms with Crippen LogP contribution in [-0.4, -0.2) is 14.8 Å². The third-order valence-corrected chi connectivity index (χ3v) is 3.56. The molecule has 1 aromatic heterocycles. The first kappa shape index (κ1) is 12.0. The topological polar surface area (TPSA) is 30.7 Å². The third kappa shape index (κ3) is 2.13. The number of aromatic nitrogens is 3. The first-order chi connectivity index (χ1) is 8.69. The van der Waals surface area contributed by atoms with Crippen LogP contribution in [0.25, 0.3) is 11.4 Å². The summed E-state index contributed by atoms with van der Waals surface area (Å²) in [7, 11) is 0. The number of aryl methyl sites for hydroxylation is 1. The lowest BCUT2D eigenvalue weighted by Gasteiger charge is -2.08. The molecule has 0 bridgehead atoms. The van der Waals surface area contributed by atoms with Gasteiger partial charge in [-0.2, -0.15) is 0 Å². The van der Waals surface area contributed by atoms with E-state index in [2.05, 4.69) is 20.8 Å². The van der Waals surface area contributed by atoms with Crippen molar-refractivity contribution in [2.24, 2.45) is 0 Å². The third-order valence-electron chi connectivity index (χ3n) is 3.10. The van der Waals surface area contributed by atoms with Gasteiger partial charge in [0.2, 0.25) is 0 Å². The van der Waals surface area contributed by atoms with Crippen LogP contribution in [0.4, 0.5) is 0 Å². The van der Waals surface area contributed by atoms with Crippen molar-refractivity contribution >= 4 is 23.2 Å². The van der Waals surface area contributed by atoms with E-state index >= 15 is 0 Å². The monoisotopic (exact) mass is 281 g/mol. The summed E-state index contributed by atoms with van der Waals surface area (Å²) in [6.07, 6.45) is 2.35. The molecule has 94 valence electrons. The Hall–Kier alpha value is -1.06. The first-order valence-electron chi connectivity index (χ1n) is 5.96. The largest absolute Gasteiger partial charge is 0.307 e. The zero-order valence-corrected chi connectivity index (χ0v) is 11.5. The van der Waals surface area contributed by atoms with Gasteiger partial charge in [-0.15, -0.1) is 21.8 Å². The van der Waals surface area contributed by atoms with Gasteiger partial charge in [-0.1, -0.05) is 11.6 Å². The smallest absolute Gasteiger partial charge is 0.164 e. The second-order valence-electron chi connectivity index (χ2n) is 4.69. The standard InChI is InChI=1S/C13H13Cl2N3/c1-8-4-9(6-10(15)5-8)13-17-16-12(7-14)18(13)11-2-3-11/h4-6,11H,2-3,7H2,1H3. The summed E-state index contributed by atoms with van der Waals surface area (Å²) in [4.78, 5) is 0. The Morgan fingerprint density at radius 3 is 2.67 bits per heavy atom. The number of rotatable bonds is 3. The Morgan fingerprint density at radius 1 is 1.28 bits per heavy atom. The lowest BCUT2D eigenvalue weighted by atomic mass is 10.1. The van der Waals surface area contributed by atoms with E-state index in [0.717, 1.165) is 27.8 Å². The number of benzene rings is 1. The molecule has 1 saturated carbocycles. The Balaban J connectivity index is 2.13. The van der Waals surface area contributed by atoms with Crippen LogP contribution in [0.3, 0.4) is 0 Å². The van der Waals surface area contributed by atoms with Crippen LogP contribution in [0, 0.1) is 6.92 Å². The fraction of sp³-hybridized carbons (Fsp3) is 0.385. The van der Waals surface area contributed by atoms with Crippen molar-refractivity contribution in [2.45, 2.75) is 31.7 Å². The molecular formula is C13H13Cl2N3. The molecule has 1 aromatic carbocycles. The molecular weight excluding hydrogens is 269 g/mol. The van der Waals surface area contributed by atoms with E-state index in [1.54, 1.807) is 0 Å². The Bertz CT molecular complexity index is 568. The van der Waals surface area contributed by atoms with E-state index in [1.165, 1.54) is 12.8 Å². The summed E-state index contributed by atoms with van der Waals surface area (Å²) in [6, 6.07) is 6.44. The number of nitrogens with zero attached hydrogens (tertiary/aromatic N) is 3. The predicted octanol–water partition coefficient (Wildman–Crippen LogP) is 3.98. The summed E-state index contributed by atoms with van der Waals surface area (Å²) in [5, 5.41) is 9.16. The highest BCUT2D eigenvalue weighted by molar-refractivity contribution is 6.30. The van der Waals surface area contributed by atoms with E-state index in [1.807, 2.05) is 19.1 Å². The van der Waals surface area contributed by atoms with Gasteiger partial charge in [0.05, 0.1) is 5.88 Å². The number of alkyl halides is 1. The molecule has 0 saturated heterocycles. The lowest BCUT2D eigenvalue weighted by Crippen LogP contribution is -2.02. The van der Waals surface area contributed by atoms with Gasteiger partial charge >= 0.3 is 0 Å². The predicted molar refractivity (Wildman–Crippen MR) is 73.0 cm³/mol. The fourth-order valence-corrected chi connectivity index (χ4v) is 2.67. The van der Waals surface area contributed by atoms with E-state index in [9.17, 15) is 0 Å². The molecule has 0 aliphatic heterocycles. The summed E-state index contributed by atoms with van der Waals surface area (Å²) in [5.74, 6) is 2.11. The molecule has 18 heavy (non-hydrogen) atoms. The molecule has 0 unspecified atom stereocenters. The van der Waals surface area contributed by atoms with Gasteiger partial charge in [0.1, 0.15) is 5.82 Å². The van der Waals surface area contributed by atoms with Crippen LogP contribution in [0.15, 0.2) is 18.2 Å². The summed E-state index contributed by atoms with van der Waals surface area (Å²) >= 11 is 12.0. The van der Waals surface area contributed by atoms with Crippen molar-refractivity contribution < 1.29 is 0 Å². The maximum atomic E-state index is 6.10. The molecule has 1 heterocycles. The van der Waals surface area contributed by atoms with E-state index in [-0.39, 0.29) is 0 Å². The number of hydrogen-bond acceptors (Lipinski definition) is 2. The van der Waals surface area contributed by atoms with E-state index in [4.69, 9.17) is 23.2 Å². The molecule has 2 aromatic rings. The van der Waals surface area contributed by atoms with Crippen molar-refractivity contribution in [2.75, 3.05) is 0 Å². The maximum Gasteiger partial charge on any atom is 0.164 e. The molecule has 5 heteroatoms. The molecule has 1 fully saturated rings. The van der Waals surface area contributed by atoms with Gasteiger partial charge in [0.15, 0.2) is 5.82 Å². The first-order valence-corrected chi connectivity index (χ1v) is 6.87. The Kier molecular flexibility index (Phi) is 3.04. The summed E-state index contributed by atoms with van der Waals surface area (Å²) < 4.78 is 2.15. The quantitative estimate of drug-likeness (QED) is 0.797. The van der Waals surface area contributed by atoms with Gasteiger partial charge < -0.3 is 4.57 Å². The van der Waals surface area contributed by atoms with Crippen LogP contribution < -0.4 is 0 Å². The highest BCUT2D eigenvalue weighted by Crippen LogP contribution is 2.39. The van der Waals surface area contributed by atoms with Crippen molar-refractivity contribution in [3.63, 3.8) is 0 Å². The van der Waals surface area contributed by atoms with Crippen LogP contribution in [0.1, 0.15) is 30.3 Å². The summed E-state index contributed by atoms with van der Waals surface area (Å²) in [6.45, 7) is 2.02. The van der Waals surface area contributed by atoms with Gasteiger partial charge in [-0.25, -0.2) is 0 Å². The molecule has 1 aliphatic carbocycles. The lowest BCUT2D eigenvalue weighted by molar-refractivity contribution is 0.712. The Morgan fingerprint density at radius 2 is 2.06 bits per heavy atom. The van der Waals surface area contributed by atoms with Crippen molar-refractivity contribution in [3.8, 4) is 11.4 Å². The minimum Gasteiger partial charge on any atom is -0.307 e. The zero-order chi connectivity index (χ0) is 12.7. The molecule has 0 N–H and O–H groups in total. The molecule has 0 spiro atoms. The van der Waals surface area contributed by atoms with Crippen molar-refractivity contribution in [3.05, 3.63) is 34.6 Å². The van der Waals surface area contributed by atoms with Crippen molar-refractivity contribution in [1.82, 2.24) is 14.8 Å². The molecule has 0 amide bonds. The highest BCUT2D eigenvalue weighted by atomic mass is 35.5. The molecule has 0 radical (unpaired) electrons. The zero-order valence-electron chi connectivity index (χ0n) is 10.0. The number of hydrogen-bond donors (Lipinski definition) is 0. The normalized spacial score (nSPS) is 15.1. The SMILES string of the molecule is Cc1cc(Cl)cc(-c2nnc(CCl)n2C2CC2)c1. The Labute approximate surface area is 116 Å². The van der Waals surface area contributed by atoms with Gasteiger partial charge in [-0.3, -0.25) is 0 Å². The highest BCUT2D eigenvalue weighted by Gasteiger charge is 2.29. The molecule has 1 aliphatic rings. The van der Waals surface area contributed by atoms with Crippen molar-refractivity contribution in [1.29, 1.82) is 0 Å². The fourth-order valence-electron chi connectivity index (χ4n) is 2.19. The van der Waals surface area contributed by atoms with Gasteiger partial charge in [0, 0.05) is 16.6 Å². The minimum absolute atomic E-state index is 0.392. The second kappa shape index (κ2) is 4.56. The molecule has 3 rings (SSSR count). The van der Waals surface area contributed by atoms with Gasteiger partial charge in [0.25, 0.3) is 0 Å². The average molecular weight is 282 g/mol. The van der Waals surface area contributed by atoms with Gasteiger partial charge in [-0.05, 0) is 43.5 Å². The molecule has 3 nitrogen and oxygen atoms in total. The minimum atomic E-state index is 0.392. The van der Waals surface area contributed by atoms with Crippen LogP contribution in [0.5, 0.6) is 0 Å². The second-order valence-corrected chi connectivity index (χ2v) is 5.40. The average Bonchev–Trinajstić information content (AvgIpc) is 3.07. The van der Waals surface area contributed by atoms with Crippen LogP contribution in [0.2, 0.25) is 5.02 Å². The molecule has 0 atom stereocenters. The number of halogens is 2.